The zero-order valence-corrected chi connectivity index (χ0v) is 44.5. The summed E-state index contributed by atoms with van der Waals surface area (Å²) in [5, 5.41) is 1.40. The van der Waals surface area contributed by atoms with Crippen molar-refractivity contribution in [3.05, 3.63) is 173 Å². The Kier molecular flexibility index (Phi) is 9.10. The molecule has 356 valence electrons. The van der Waals surface area contributed by atoms with Crippen LogP contribution >= 0.6 is 0 Å². The maximum Gasteiger partial charge on any atom is 0.252 e. The molecule has 7 aromatic carbocycles. The molecule has 0 saturated heterocycles. The number of fused-ring (bicyclic) bond motifs is 12. The molecule has 4 heterocycles. The summed E-state index contributed by atoms with van der Waals surface area (Å²) in [7, 11) is 0. The molecule has 0 radical (unpaired) electrons. The Hall–Kier alpha value is -6.26. The third kappa shape index (κ3) is 6.03. The lowest BCUT2D eigenvalue weighted by Gasteiger charge is -2.52. The van der Waals surface area contributed by atoms with Crippen molar-refractivity contribution < 1.29 is 0 Å². The summed E-state index contributed by atoms with van der Waals surface area (Å²) in [5.41, 5.74) is 26.9. The molecular weight excluding hydrogens is 858 g/mol. The van der Waals surface area contributed by atoms with E-state index in [1.54, 1.807) is 0 Å². The van der Waals surface area contributed by atoms with E-state index in [0.29, 0.717) is 0 Å². The SMILES string of the molecule is CC(C)(C)c1ccc(N(c2ccc(C(C)(C)C)cc2)c2cc3c4c(c2)-n2c5c(c6cc(C(C)(C)C)cc(c62)B4c2cc(-c4ccccc4)cc4c2N3C2(C)CCCCC42C)C(C)(C)c2ccccc2-5)cc1. The summed E-state index contributed by atoms with van der Waals surface area (Å²) in [4.78, 5) is 5.49. The molecule has 71 heavy (non-hydrogen) atoms. The highest BCUT2D eigenvalue weighted by Crippen LogP contribution is 2.63. The van der Waals surface area contributed by atoms with Gasteiger partial charge in [0.15, 0.2) is 0 Å². The number of anilines is 5. The van der Waals surface area contributed by atoms with Crippen molar-refractivity contribution in [1.29, 1.82) is 0 Å². The summed E-state index contributed by atoms with van der Waals surface area (Å²) in [5.74, 6) is 0. The lowest BCUT2D eigenvalue weighted by Crippen LogP contribution is -2.64. The third-order valence-corrected chi connectivity index (χ3v) is 18.5. The van der Waals surface area contributed by atoms with Crippen LogP contribution in [0.4, 0.5) is 28.4 Å². The predicted octanol–water partition coefficient (Wildman–Crippen LogP) is 15.9. The number of aromatic nitrogens is 1. The normalized spacial score (nSPS) is 20.1. The second-order valence-electron chi connectivity index (χ2n) is 26.2. The van der Waals surface area contributed by atoms with Crippen LogP contribution in [0, 0.1) is 0 Å². The fourth-order valence-corrected chi connectivity index (χ4v) is 14.4. The molecular formula is C67H70BN3. The topological polar surface area (TPSA) is 11.4 Å². The van der Waals surface area contributed by atoms with Gasteiger partial charge in [-0.1, -0.05) is 187 Å². The van der Waals surface area contributed by atoms with E-state index in [-0.39, 0.29) is 39.3 Å². The van der Waals surface area contributed by atoms with Crippen molar-refractivity contribution in [3.8, 4) is 28.1 Å². The minimum atomic E-state index is -0.195. The molecule has 1 fully saturated rings. The molecule has 2 unspecified atom stereocenters. The first-order valence-electron chi connectivity index (χ1n) is 26.7. The average Bonchev–Trinajstić information content (AvgIpc) is 3.88. The first-order valence-corrected chi connectivity index (χ1v) is 26.7. The van der Waals surface area contributed by atoms with Crippen LogP contribution in [0.1, 0.15) is 149 Å². The minimum absolute atomic E-state index is 0.0336. The fraction of sp³-hybridized carbons (Fsp3) is 0.343. The van der Waals surface area contributed by atoms with Crippen LogP contribution in [0.2, 0.25) is 0 Å². The molecule has 5 aliphatic rings. The Morgan fingerprint density at radius 3 is 1.75 bits per heavy atom. The van der Waals surface area contributed by atoms with E-state index in [4.69, 9.17) is 0 Å². The average molecular weight is 928 g/mol. The minimum Gasteiger partial charge on any atom is -0.335 e. The van der Waals surface area contributed by atoms with Gasteiger partial charge in [-0.3, -0.25) is 0 Å². The number of benzene rings is 7. The molecule has 2 atom stereocenters. The molecule has 0 amide bonds. The molecule has 4 heteroatoms. The predicted molar refractivity (Wildman–Crippen MR) is 305 cm³/mol. The molecule has 1 aromatic heterocycles. The van der Waals surface area contributed by atoms with E-state index in [2.05, 4.69) is 244 Å². The highest BCUT2D eigenvalue weighted by atomic mass is 15.3. The third-order valence-electron chi connectivity index (χ3n) is 18.5. The van der Waals surface area contributed by atoms with Gasteiger partial charge in [0.1, 0.15) is 0 Å². The highest BCUT2D eigenvalue weighted by molar-refractivity contribution is 7.00. The van der Waals surface area contributed by atoms with Gasteiger partial charge in [0.05, 0.1) is 16.9 Å². The van der Waals surface area contributed by atoms with Crippen LogP contribution in [0.3, 0.4) is 0 Å². The van der Waals surface area contributed by atoms with Crippen LogP contribution in [0.15, 0.2) is 140 Å². The van der Waals surface area contributed by atoms with E-state index in [0.717, 1.165) is 6.42 Å². The Balaban J connectivity index is 1.20. The first-order chi connectivity index (χ1) is 33.6. The summed E-state index contributed by atoms with van der Waals surface area (Å²) in [6.07, 6.45) is 4.79. The summed E-state index contributed by atoms with van der Waals surface area (Å²) in [6.45, 7) is 31.4. The summed E-state index contributed by atoms with van der Waals surface area (Å²) >= 11 is 0. The molecule has 2 aliphatic carbocycles. The van der Waals surface area contributed by atoms with E-state index in [1.165, 1.54) is 136 Å². The van der Waals surface area contributed by atoms with Gasteiger partial charge in [-0.05, 0) is 145 Å². The maximum absolute atomic E-state index is 2.92. The van der Waals surface area contributed by atoms with Crippen LogP contribution in [0.5, 0.6) is 0 Å². The van der Waals surface area contributed by atoms with Crippen LogP contribution in [-0.4, -0.2) is 16.8 Å². The van der Waals surface area contributed by atoms with Crippen molar-refractivity contribution in [2.24, 2.45) is 0 Å². The molecule has 0 bridgehead atoms. The fourth-order valence-electron chi connectivity index (χ4n) is 14.4. The smallest absolute Gasteiger partial charge is 0.252 e. The van der Waals surface area contributed by atoms with E-state index in [1.807, 2.05) is 0 Å². The largest absolute Gasteiger partial charge is 0.335 e. The van der Waals surface area contributed by atoms with Gasteiger partial charge >= 0.3 is 0 Å². The second kappa shape index (κ2) is 14.5. The van der Waals surface area contributed by atoms with E-state index in [9.17, 15) is 0 Å². The molecule has 0 N–H and O–H groups in total. The zero-order valence-electron chi connectivity index (χ0n) is 44.5. The van der Waals surface area contributed by atoms with Crippen molar-refractivity contribution in [3.63, 3.8) is 0 Å². The zero-order chi connectivity index (χ0) is 49.5. The number of nitrogens with zero attached hydrogens (tertiary/aromatic N) is 3. The second-order valence-corrected chi connectivity index (χ2v) is 26.2. The molecule has 13 rings (SSSR count). The van der Waals surface area contributed by atoms with E-state index >= 15 is 0 Å². The number of hydrogen-bond donors (Lipinski definition) is 0. The number of hydrogen-bond acceptors (Lipinski definition) is 2. The Labute approximate surface area is 424 Å². The maximum atomic E-state index is 2.92. The Bertz CT molecular complexity index is 3480. The van der Waals surface area contributed by atoms with Gasteiger partial charge < -0.3 is 14.4 Å². The van der Waals surface area contributed by atoms with Gasteiger partial charge in [-0.2, -0.15) is 0 Å². The molecule has 8 aromatic rings. The van der Waals surface area contributed by atoms with Gasteiger partial charge in [0.2, 0.25) is 0 Å². The molecule has 1 saturated carbocycles. The molecule has 3 aliphatic heterocycles. The lowest BCUT2D eigenvalue weighted by atomic mass is 9.33. The van der Waals surface area contributed by atoms with Crippen LogP contribution < -0.4 is 26.2 Å². The molecule has 0 spiro atoms. The first kappa shape index (κ1) is 44.7. The van der Waals surface area contributed by atoms with Crippen LogP contribution in [-0.2, 0) is 27.1 Å². The quantitative estimate of drug-likeness (QED) is 0.163. The van der Waals surface area contributed by atoms with Crippen LogP contribution in [0.25, 0.3) is 39.0 Å². The summed E-state index contributed by atoms with van der Waals surface area (Å²) in [6, 6.07) is 55.1. The highest BCUT2D eigenvalue weighted by Gasteiger charge is 2.62. The monoisotopic (exact) mass is 928 g/mol. The van der Waals surface area contributed by atoms with Crippen molar-refractivity contribution in [2.75, 3.05) is 9.80 Å². The van der Waals surface area contributed by atoms with Crippen molar-refractivity contribution in [2.45, 2.75) is 148 Å². The Morgan fingerprint density at radius 2 is 1.11 bits per heavy atom. The van der Waals surface area contributed by atoms with Gasteiger partial charge in [0.25, 0.3) is 6.71 Å². The van der Waals surface area contributed by atoms with Gasteiger partial charge in [-0.15, -0.1) is 0 Å². The Morgan fingerprint density at radius 1 is 0.521 bits per heavy atom. The molecule has 3 nitrogen and oxygen atoms in total. The number of rotatable bonds is 4. The van der Waals surface area contributed by atoms with Crippen molar-refractivity contribution in [1.82, 2.24) is 4.57 Å². The summed E-state index contributed by atoms with van der Waals surface area (Å²) < 4.78 is 2.77. The van der Waals surface area contributed by atoms with Crippen molar-refractivity contribution >= 4 is 62.4 Å². The van der Waals surface area contributed by atoms with E-state index < -0.39 is 0 Å². The lowest BCUT2D eigenvalue weighted by molar-refractivity contribution is 0.195. The van der Waals surface area contributed by atoms with Gasteiger partial charge in [0, 0.05) is 55.7 Å². The van der Waals surface area contributed by atoms with Gasteiger partial charge in [-0.25, -0.2) is 0 Å². The standard InChI is InChI=1S/C67H70BN3/c1-62(2,3)43-25-29-46(30-26-43)69(47-31-27-44(28-32-47)63(4,5)6)48-39-55-58-56(40-48)71-61-52(66(12)33-19-20-34-67(66,71)13)35-42(41-21-15-14-16-22-41)36-53(61)68(58)54-38-45(64(7,8)9)37-50-57-60(70(55)59(50)54)49-23-17-18-24-51(49)65(57,10)11/h14-18,21-32,35-40H,19-20,33-34H2,1-13H3.